The van der Waals surface area contributed by atoms with Crippen molar-refractivity contribution in [3.63, 3.8) is 0 Å². The van der Waals surface area contributed by atoms with Gasteiger partial charge in [-0.2, -0.15) is 4.31 Å². The lowest BCUT2D eigenvalue weighted by atomic mass is 10.0. The third-order valence-electron chi connectivity index (χ3n) is 6.95. The Morgan fingerprint density at radius 2 is 1.86 bits per heavy atom. The van der Waals surface area contributed by atoms with Crippen molar-refractivity contribution in [2.24, 2.45) is 10.9 Å². The first kappa shape index (κ1) is 31.7. The predicted molar refractivity (Wildman–Crippen MR) is 165 cm³/mol. The summed E-state index contributed by atoms with van der Waals surface area (Å²) in [6, 6.07) is 18.3. The largest absolute Gasteiger partial charge is 0.494 e. The van der Waals surface area contributed by atoms with E-state index in [2.05, 4.69) is 20.3 Å². The van der Waals surface area contributed by atoms with Crippen LogP contribution in [0.4, 0.5) is 4.79 Å². The Morgan fingerprint density at radius 3 is 2.53 bits per heavy atom. The highest BCUT2D eigenvalue weighted by molar-refractivity contribution is 7.89. The van der Waals surface area contributed by atoms with Gasteiger partial charge in [-0.1, -0.05) is 50.2 Å². The molecule has 0 saturated heterocycles. The van der Waals surface area contributed by atoms with Crippen LogP contribution in [-0.4, -0.2) is 82.1 Å². The maximum Gasteiger partial charge on any atom is 0.404 e. The van der Waals surface area contributed by atoms with Gasteiger partial charge in [0.1, 0.15) is 0 Å². The summed E-state index contributed by atoms with van der Waals surface area (Å²) in [7, 11) is -4.21. The Balaban J connectivity index is 1.69. The van der Waals surface area contributed by atoms with Gasteiger partial charge in [-0.25, -0.2) is 13.2 Å². The maximum atomic E-state index is 14.3. The fourth-order valence-corrected chi connectivity index (χ4v) is 6.71. The normalized spacial score (nSPS) is 13.6. The average Bonchev–Trinajstić information content (AvgIpc) is 3.30. The molecule has 2 aromatic carbocycles. The lowest BCUT2D eigenvalue weighted by molar-refractivity contribution is 0.0830. The van der Waals surface area contributed by atoms with Gasteiger partial charge in [-0.3, -0.25) is 9.98 Å². The van der Waals surface area contributed by atoms with E-state index in [4.69, 9.17) is 5.11 Å². The Hall–Kier alpha value is -4.26. The van der Waals surface area contributed by atoms with Gasteiger partial charge in [-0.05, 0) is 48.2 Å². The molecule has 0 saturated carbocycles. The molecule has 1 amide bonds. The minimum absolute atomic E-state index is 0.0285. The van der Waals surface area contributed by atoms with Gasteiger partial charge < -0.3 is 25.6 Å². The fraction of sp³-hybridized carbons (Fsp3) is 0.323. The number of H-pyrrole nitrogens is 1. The van der Waals surface area contributed by atoms with E-state index in [9.17, 15) is 23.4 Å². The zero-order valence-corrected chi connectivity index (χ0v) is 24.9. The molecule has 12 heteroatoms. The van der Waals surface area contributed by atoms with Crippen molar-refractivity contribution in [3.8, 4) is 5.88 Å². The lowest BCUT2D eigenvalue weighted by Gasteiger charge is -2.35. The lowest BCUT2D eigenvalue weighted by Crippen LogP contribution is -2.52. The summed E-state index contributed by atoms with van der Waals surface area (Å²) in [6.45, 7) is 3.91. The topological polar surface area (TPSA) is 168 Å². The summed E-state index contributed by atoms with van der Waals surface area (Å²) in [6.07, 6.45) is 1.34. The molecule has 2 aromatic heterocycles. The zero-order valence-electron chi connectivity index (χ0n) is 24.1. The van der Waals surface area contributed by atoms with Crippen LogP contribution in [0.1, 0.15) is 30.7 Å². The Bertz CT molecular complexity index is 1640. The highest BCUT2D eigenvalue weighted by Gasteiger charge is 2.36. The van der Waals surface area contributed by atoms with Crippen molar-refractivity contribution >= 4 is 33.2 Å². The molecule has 0 fully saturated rings. The number of rotatable bonds is 14. The monoisotopic (exact) mass is 607 g/mol. The van der Waals surface area contributed by atoms with Crippen LogP contribution in [0.25, 0.3) is 10.9 Å². The van der Waals surface area contributed by atoms with Crippen LogP contribution in [-0.2, 0) is 22.9 Å². The Kier molecular flexibility index (Phi) is 10.5. The first-order valence-corrected chi connectivity index (χ1v) is 15.4. The molecule has 43 heavy (non-hydrogen) atoms. The molecule has 0 radical (unpaired) electrons. The Morgan fingerprint density at radius 1 is 1.12 bits per heavy atom. The summed E-state index contributed by atoms with van der Waals surface area (Å²) in [5, 5.41) is 33.5. The van der Waals surface area contributed by atoms with Crippen LogP contribution in [0.3, 0.4) is 0 Å². The van der Waals surface area contributed by atoms with Gasteiger partial charge in [0.05, 0.1) is 22.6 Å². The fourth-order valence-electron chi connectivity index (χ4n) is 4.87. The van der Waals surface area contributed by atoms with Crippen LogP contribution < -0.4 is 5.32 Å². The second-order valence-electron chi connectivity index (χ2n) is 10.7. The minimum atomic E-state index is -4.21. The number of benzene rings is 2. The number of aromatic amines is 1. The molecule has 0 aliphatic rings. The van der Waals surface area contributed by atoms with E-state index in [-0.39, 0.29) is 36.2 Å². The van der Waals surface area contributed by atoms with Gasteiger partial charge in [0.25, 0.3) is 0 Å². The molecule has 2 atom stereocenters. The molecular formula is C31H37N5O6S. The predicted octanol–water partition coefficient (Wildman–Crippen LogP) is 3.82. The number of carbonyl (C=O) groups is 1. The number of nitrogens with one attached hydrogen (secondary N) is 2. The minimum Gasteiger partial charge on any atom is -0.494 e. The van der Waals surface area contributed by atoms with Gasteiger partial charge in [0.2, 0.25) is 10.0 Å². The molecule has 2 unspecified atom stereocenters. The third kappa shape index (κ3) is 8.19. The van der Waals surface area contributed by atoms with Gasteiger partial charge in [0, 0.05) is 55.1 Å². The summed E-state index contributed by atoms with van der Waals surface area (Å²) >= 11 is 0. The molecular weight excluding hydrogens is 570 g/mol. The molecule has 0 aliphatic heterocycles. The average molecular weight is 608 g/mol. The van der Waals surface area contributed by atoms with Crippen LogP contribution in [0.15, 0.2) is 82.8 Å². The molecule has 11 nitrogen and oxygen atoms in total. The zero-order chi connectivity index (χ0) is 31.0. The van der Waals surface area contributed by atoms with Crippen molar-refractivity contribution in [2.45, 2.75) is 43.7 Å². The van der Waals surface area contributed by atoms with Crippen molar-refractivity contribution < 1.29 is 28.5 Å². The number of aliphatic hydroxyl groups is 1. The Labute approximate surface area is 251 Å². The number of aliphatic hydroxyl groups excluding tert-OH is 1. The van der Waals surface area contributed by atoms with Crippen LogP contribution in [0.5, 0.6) is 5.88 Å². The standard InChI is InChI=1S/C31H37N5O6S/c1-21(2)20-36(28(29(37)19-34-31(39)40)16-22-8-4-3-5-9-22)43(41,42)24-11-12-27-25(17-24)26(30(38)35-27)18-32-15-13-23-10-6-7-14-33-23/h3-12,14,17-18,21,28-29,34-35,37-38H,13,15-16,19-20H2,1-2H3,(H,39,40). The van der Waals surface area contributed by atoms with Crippen LogP contribution >= 0.6 is 0 Å². The number of carboxylic acid groups (broad SMARTS) is 1. The number of fused-ring (bicyclic) bond motifs is 1. The SMILES string of the molecule is CC(C)CN(C(Cc1ccccc1)C(O)CNC(=O)O)S(=O)(=O)c1ccc2[nH]c(O)c(C=NCCc3ccccn3)c2c1. The van der Waals surface area contributed by atoms with Crippen molar-refractivity contribution in [2.75, 3.05) is 19.6 Å². The number of hydrogen-bond donors (Lipinski definition) is 5. The van der Waals surface area contributed by atoms with E-state index in [1.54, 1.807) is 12.3 Å². The molecule has 4 aromatic rings. The number of hydrogen-bond acceptors (Lipinski definition) is 7. The number of aliphatic imine (C=N–C) groups is 1. The first-order valence-electron chi connectivity index (χ1n) is 14.0. The van der Waals surface area contributed by atoms with E-state index >= 15 is 0 Å². The number of aromatic nitrogens is 2. The number of pyridine rings is 1. The summed E-state index contributed by atoms with van der Waals surface area (Å²) in [4.78, 5) is 22.7. The number of aromatic hydroxyl groups is 1. The molecule has 4 rings (SSSR count). The first-order chi connectivity index (χ1) is 20.6. The quantitative estimate of drug-likeness (QED) is 0.136. The molecule has 228 valence electrons. The highest BCUT2D eigenvalue weighted by atomic mass is 32.2. The molecule has 2 heterocycles. The molecule has 0 bridgehead atoms. The van der Waals surface area contributed by atoms with E-state index in [1.807, 2.05) is 62.4 Å². The molecule has 0 spiro atoms. The number of nitrogens with zero attached hydrogens (tertiary/aromatic N) is 3. The summed E-state index contributed by atoms with van der Waals surface area (Å²) in [5.74, 6) is -0.239. The second kappa shape index (κ2) is 14.3. The van der Waals surface area contributed by atoms with E-state index in [1.165, 1.54) is 22.7 Å². The third-order valence-corrected chi connectivity index (χ3v) is 8.84. The van der Waals surface area contributed by atoms with Crippen LogP contribution in [0.2, 0.25) is 0 Å². The second-order valence-corrected chi connectivity index (χ2v) is 12.6. The van der Waals surface area contributed by atoms with Gasteiger partial charge in [0.15, 0.2) is 5.88 Å². The van der Waals surface area contributed by atoms with E-state index < -0.39 is 28.3 Å². The maximum absolute atomic E-state index is 14.3. The summed E-state index contributed by atoms with van der Waals surface area (Å²) < 4.78 is 29.8. The smallest absolute Gasteiger partial charge is 0.404 e. The number of sulfonamides is 1. The van der Waals surface area contributed by atoms with Crippen molar-refractivity contribution in [3.05, 3.63) is 89.7 Å². The molecule has 0 aliphatic carbocycles. The summed E-state index contributed by atoms with van der Waals surface area (Å²) in [5.41, 5.74) is 2.56. The number of amides is 1. The van der Waals surface area contributed by atoms with Crippen LogP contribution in [0, 0.1) is 5.92 Å². The van der Waals surface area contributed by atoms with Crippen molar-refractivity contribution in [1.29, 1.82) is 0 Å². The molecule has 5 N–H and O–H groups in total. The highest BCUT2D eigenvalue weighted by Crippen LogP contribution is 2.31. The van der Waals surface area contributed by atoms with E-state index in [0.29, 0.717) is 29.4 Å². The van der Waals surface area contributed by atoms with Crippen molar-refractivity contribution in [1.82, 2.24) is 19.6 Å². The van der Waals surface area contributed by atoms with Gasteiger partial charge in [-0.15, -0.1) is 0 Å². The van der Waals surface area contributed by atoms with Gasteiger partial charge >= 0.3 is 6.09 Å². The van der Waals surface area contributed by atoms with E-state index in [0.717, 1.165) is 11.3 Å².